The molecule has 0 heterocycles. The van der Waals surface area contributed by atoms with Crippen molar-refractivity contribution < 1.29 is 8.42 Å². The second-order valence-corrected chi connectivity index (χ2v) is 6.77. The second kappa shape index (κ2) is 7.04. The SMILES string of the molecule is C=C(N)N=C(C)/C=C\C=C(/C)c1ccc(S(C)(=O)=O)cc1. The van der Waals surface area contributed by atoms with E-state index in [1.807, 2.05) is 32.1 Å². The number of sulfone groups is 1. The van der Waals surface area contributed by atoms with Gasteiger partial charge < -0.3 is 5.73 Å². The molecule has 1 aromatic rings. The third kappa shape index (κ3) is 5.79. The molecule has 21 heavy (non-hydrogen) atoms. The van der Waals surface area contributed by atoms with Gasteiger partial charge in [-0.15, -0.1) is 0 Å². The molecule has 1 aromatic carbocycles. The number of rotatable bonds is 5. The van der Waals surface area contributed by atoms with Gasteiger partial charge in [0.15, 0.2) is 9.84 Å². The Labute approximate surface area is 126 Å². The Balaban J connectivity index is 2.89. The minimum atomic E-state index is -3.15. The number of benzene rings is 1. The topological polar surface area (TPSA) is 72.5 Å². The van der Waals surface area contributed by atoms with E-state index in [2.05, 4.69) is 11.6 Å². The monoisotopic (exact) mass is 304 g/mol. The highest BCUT2D eigenvalue weighted by molar-refractivity contribution is 7.90. The van der Waals surface area contributed by atoms with Crippen molar-refractivity contribution in [1.82, 2.24) is 0 Å². The van der Waals surface area contributed by atoms with Crippen LogP contribution in [0.15, 0.2) is 64.8 Å². The summed E-state index contributed by atoms with van der Waals surface area (Å²) in [4.78, 5) is 4.32. The van der Waals surface area contributed by atoms with Crippen molar-refractivity contribution in [1.29, 1.82) is 0 Å². The fraction of sp³-hybridized carbons (Fsp3) is 0.188. The van der Waals surface area contributed by atoms with E-state index in [1.54, 1.807) is 24.3 Å². The molecule has 2 N–H and O–H groups in total. The molecule has 0 aliphatic rings. The van der Waals surface area contributed by atoms with E-state index in [4.69, 9.17) is 5.73 Å². The largest absolute Gasteiger partial charge is 0.384 e. The number of hydrogen-bond acceptors (Lipinski definition) is 4. The Kier molecular flexibility index (Phi) is 5.67. The summed E-state index contributed by atoms with van der Waals surface area (Å²) in [5.41, 5.74) is 8.13. The van der Waals surface area contributed by atoms with E-state index in [1.165, 1.54) is 6.26 Å². The van der Waals surface area contributed by atoms with E-state index in [9.17, 15) is 8.42 Å². The zero-order valence-electron chi connectivity index (χ0n) is 12.5. The summed E-state index contributed by atoms with van der Waals surface area (Å²) in [5.74, 6) is 0.272. The predicted octanol–water partition coefficient (Wildman–Crippen LogP) is 2.94. The molecule has 0 aliphatic heterocycles. The molecule has 0 atom stereocenters. The Morgan fingerprint density at radius 3 is 2.29 bits per heavy atom. The predicted molar refractivity (Wildman–Crippen MR) is 88.8 cm³/mol. The Morgan fingerprint density at radius 2 is 1.81 bits per heavy atom. The molecule has 1 rings (SSSR count). The first-order valence-electron chi connectivity index (χ1n) is 6.35. The summed E-state index contributed by atoms with van der Waals surface area (Å²) in [7, 11) is -3.15. The normalized spacial score (nSPS) is 13.7. The quantitative estimate of drug-likeness (QED) is 0.671. The highest BCUT2D eigenvalue weighted by atomic mass is 32.2. The number of hydrogen-bond donors (Lipinski definition) is 1. The lowest BCUT2D eigenvalue weighted by Crippen LogP contribution is -1.96. The number of nitrogens with zero attached hydrogens (tertiary/aromatic N) is 1. The van der Waals surface area contributed by atoms with E-state index in [0.29, 0.717) is 4.90 Å². The summed E-state index contributed by atoms with van der Waals surface area (Å²) < 4.78 is 22.8. The van der Waals surface area contributed by atoms with E-state index in [0.717, 1.165) is 16.8 Å². The zero-order valence-corrected chi connectivity index (χ0v) is 13.3. The van der Waals surface area contributed by atoms with Gasteiger partial charge in [0.2, 0.25) is 0 Å². The van der Waals surface area contributed by atoms with Crippen LogP contribution in [0.1, 0.15) is 19.4 Å². The van der Waals surface area contributed by atoms with Crippen molar-refractivity contribution in [2.45, 2.75) is 18.7 Å². The van der Waals surface area contributed by atoms with Gasteiger partial charge in [-0.05, 0) is 43.2 Å². The van der Waals surface area contributed by atoms with Crippen LogP contribution in [-0.2, 0) is 9.84 Å². The van der Waals surface area contributed by atoms with Gasteiger partial charge in [0, 0.05) is 12.0 Å². The minimum absolute atomic E-state index is 0.272. The summed E-state index contributed by atoms with van der Waals surface area (Å²) in [6.45, 7) is 7.29. The molecule has 0 radical (unpaired) electrons. The first-order valence-corrected chi connectivity index (χ1v) is 8.24. The average Bonchev–Trinajstić information content (AvgIpc) is 2.36. The van der Waals surface area contributed by atoms with Gasteiger partial charge in [0.25, 0.3) is 0 Å². The summed E-state index contributed by atoms with van der Waals surface area (Å²) in [6, 6.07) is 6.80. The van der Waals surface area contributed by atoms with Crippen molar-refractivity contribution in [2.24, 2.45) is 10.7 Å². The number of nitrogens with two attached hydrogens (primary N) is 1. The van der Waals surface area contributed by atoms with Crippen LogP contribution in [0.2, 0.25) is 0 Å². The first-order chi connectivity index (χ1) is 9.70. The lowest BCUT2D eigenvalue weighted by molar-refractivity contribution is 0.602. The molecule has 4 nitrogen and oxygen atoms in total. The number of aliphatic imine (C=N–C) groups is 1. The molecule has 5 heteroatoms. The molecule has 0 amide bonds. The lowest BCUT2D eigenvalue weighted by Gasteiger charge is -2.02. The van der Waals surface area contributed by atoms with Crippen molar-refractivity contribution in [3.8, 4) is 0 Å². The van der Waals surface area contributed by atoms with Crippen LogP contribution in [-0.4, -0.2) is 20.4 Å². The fourth-order valence-electron chi connectivity index (χ4n) is 1.66. The van der Waals surface area contributed by atoms with Gasteiger partial charge in [0.1, 0.15) is 5.82 Å². The van der Waals surface area contributed by atoms with Crippen molar-refractivity contribution in [2.75, 3.05) is 6.26 Å². The maximum absolute atomic E-state index is 11.4. The molecule has 0 spiro atoms. The van der Waals surface area contributed by atoms with E-state index >= 15 is 0 Å². The summed E-state index contributed by atoms with van der Waals surface area (Å²) >= 11 is 0. The smallest absolute Gasteiger partial charge is 0.175 e. The number of allylic oxidation sites excluding steroid dienone is 4. The fourth-order valence-corrected chi connectivity index (χ4v) is 2.29. The van der Waals surface area contributed by atoms with Crippen molar-refractivity contribution in [3.63, 3.8) is 0 Å². The van der Waals surface area contributed by atoms with Gasteiger partial charge in [-0.3, -0.25) is 0 Å². The van der Waals surface area contributed by atoms with Crippen LogP contribution in [0.25, 0.3) is 5.57 Å². The van der Waals surface area contributed by atoms with Crippen LogP contribution < -0.4 is 5.73 Å². The summed E-state index contributed by atoms with van der Waals surface area (Å²) in [5, 5.41) is 0. The molecular formula is C16H20N2O2S. The van der Waals surface area contributed by atoms with Crippen LogP contribution in [0.4, 0.5) is 0 Å². The van der Waals surface area contributed by atoms with E-state index < -0.39 is 9.84 Å². The van der Waals surface area contributed by atoms with Gasteiger partial charge in [0.05, 0.1) is 4.90 Å². The molecule has 0 aliphatic carbocycles. The molecule has 0 saturated heterocycles. The molecule has 112 valence electrons. The minimum Gasteiger partial charge on any atom is -0.384 e. The van der Waals surface area contributed by atoms with Crippen LogP contribution in [0, 0.1) is 0 Å². The Hall–Kier alpha value is -2.14. The molecule has 0 aromatic heterocycles. The standard InChI is InChI=1S/C16H20N2O2S/c1-12(6-5-7-13(2)18-14(3)17)15-8-10-16(11-9-15)21(4,19)20/h5-11H,3,17H2,1-2,4H3/b7-5-,12-6+,18-13?. The lowest BCUT2D eigenvalue weighted by atomic mass is 10.1. The Morgan fingerprint density at radius 1 is 1.24 bits per heavy atom. The van der Waals surface area contributed by atoms with Crippen molar-refractivity contribution in [3.05, 3.63) is 60.5 Å². The highest BCUT2D eigenvalue weighted by Crippen LogP contribution is 2.17. The molecule has 0 unspecified atom stereocenters. The molecule has 0 fully saturated rings. The van der Waals surface area contributed by atoms with Crippen LogP contribution in [0.3, 0.4) is 0 Å². The summed E-state index contributed by atoms with van der Waals surface area (Å²) in [6.07, 6.45) is 6.81. The highest BCUT2D eigenvalue weighted by Gasteiger charge is 2.06. The van der Waals surface area contributed by atoms with Crippen LogP contribution >= 0.6 is 0 Å². The van der Waals surface area contributed by atoms with Crippen LogP contribution in [0.5, 0.6) is 0 Å². The van der Waals surface area contributed by atoms with Gasteiger partial charge in [-0.1, -0.05) is 30.9 Å². The third-order valence-electron chi connectivity index (χ3n) is 2.74. The molecule has 0 saturated carbocycles. The Bertz CT molecular complexity index is 709. The average molecular weight is 304 g/mol. The van der Waals surface area contributed by atoms with Crippen molar-refractivity contribution >= 4 is 21.1 Å². The second-order valence-electron chi connectivity index (χ2n) is 4.75. The maximum atomic E-state index is 11.4. The van der Waals surface area contributed by atoms with Gasteiger partial charge in [-0.25, -0.2) is 13.4 Å². The van der Waals surface area contributed by atoms with Gasteiger partial charge in [-0.2, -0.15) is 0 Å². The van der Waals surface area contributed by atoms with Gasteiger partial charge >= 0.3 is 0 Å². The van der Waals surface area contributed by atoms with E-state index in [-0.39, 0.29) is 5.82 Å². The maximum Gasteiger partial charge on any atom is 0.175 e. The molecule has 0 bridgehead atoms. The third-order valence-corrected chi connectivity index (χ3v) is 3.87. The molecular weight excluding hydrogens is 284 g/mol. The first kappa shape index (κ1) is 16.9. The zero-order chi connectivity index (χ0) is 16.0.